The molecule has 0 spiro atoms. The quantitative estimate of drug-likeness (QED) is 0.656. The van der Waals surface area contributed by atoms with Crippen molar-refractivity contribution in [2.24, 2.45) is 5.92 Å². The number of hydrogen-bond donors (Lipinski definition) is 0. The highest BCUT2D eigenvalue weighted by atomic mass is 79.9. The molecule has 0 aliphatic heterocycles. The molecular formula is C7H10BrNO. The highest BCUT2D eigenvalue weighted by molar-refractivity contribution is 9.09. The number of ketones is 1. The second-order valence-corrected chi connectivity index (χ2v) is 2.80. The molecular weight excluding hydrogens is 194 g/mol. The maximum Gasteiger partial charge on any atom is 0.143 e. The number of carbonyl (C=O) groups excluding carboxylic acids is 1. The lowest BCUT2D eigenvalue weighted by Crippen LogP contribution is -2.01. The highest BCUT2D eigenvalue weighted by Crippen LogP contribution is 2.04. The van der Waals surface area contributed by atoms with Gasteiger partial charge in [-0.25, -0.2) is 0 Å². The smallest absolute Gasteiger partial charge is 0.143 e. The Labute approximate surface area is 69.4 Å². The third-order valence-corrected chi connectivity index (χ3v) is 1.85. The zero-order valence-electron chi connectivity index (χ0n) is 5.93. The van der Waals surface area contributed by atoms with Gasteiger partial charge in [-0.2, -0.15) is 5.26 Å². The lowest BCUT2D eigenvalue weighted by molar-refractivity contribution is -0.116. The summed E-state index contributed by atoms with van der Waals surface area (Å²) in [6.45, 7) is 1.82. The Morgan fingerprint density at radius 2 is 2.40 bits per heavy atom. The number of rotatable bonds is 4. The van der Waals surface area contributed by atoms with Gasteiger partial charge in [0.05, 0.1) is 11.4 Å². The molecule has 1 unspecified atom stereocenters. The maximum atomic E-state index is 10.7. The fourth-order valence-corrected chi connectivity index (χ4v) is 0.789. The summed E-state index contributed by atoms with van der Waals surface area (Å²) in [4.78, 5) is 10.7. The van der Waals surface area contributed by atoms with Crippen molar-refractivity contribution in [2.45, 2.75) is 19.8 Å². The van der Waals surface area contributed by atoms with Gasteiger partial charge >= 0.3 is 0 Å². The fraction of sp³-hybridized carbons (Fsp3) is 0.714. The molecule has 56 valence electrons. The van der Waals surface area contributed by atoms with Crippen molar-refractivity contribution in [2.75, 3.05) is 5.33 Å². The van der Waals surface area contributed by atoms with Crippen LogP contribution >= 0.6 is 15.9 Å². The normalized spacial score (nSPS) is 12.1. The van der Waals surface area contributed by atoms with Crippen molar-refractivity contribution < 1.29 is 4.79 Å². The zero-order valence-corrected chi connectivity index (χ0v) is 7.52. The SMILES string of the molecule is CC(C#N)CCC(=O)CBr. The van der Waals surface area contributed by atoms with E-state index < -0.39 is 0 Å². The van der Waals surface area contributed by atoms with Gasteiger partial charge in [0, 0.05) is 12.3 Å². The van der Waals surface area contributed by atoms with Crippen LogP contribution in [0.5, 0.6) is 0 Å². The summed E-state index contributed by atoms with van der Waals surface area (Å²) >= 11 is 3.05. The Bertz CT molecular complexity index is 150. The van der Waals surface area contributed by atoms with E-state index in [4.69, 9.17) is 5.26 Å². The second-order valence-electron chi connectivity index (χ2n) is 2.24. The Hall–Kier alpha value is -0.360. The monoisotopic (exact) mass is 203 g/mol. The number of nitriles is 1. The number of nitrogens with zero attached hydrogens (tertiary/aromatic N) is 1. The highest BCUT2D eigenvalue weighted by Gasteiger charge is 2.03. The van der Waals surface area contributed by atoms with Gasteiger partial charge in [0.2, 0.25) is 0 Å². The van der Waals surface area contributed by atoms with E-state index in [1.165, 1.54) is 0 Å². The molecule has 0 N–H and O–H groups in total. The van der Waals surface area contributed by atoms with Gasteiger partial charge in [-0.05, 0) is 13.3 Å². The Morgan fingerprint density at radius 3 is 2.80 bits per heavy atom. The van der Waals surface area contributed by atoms with Crippen molar-refractivity contribution in [1.29, 1.82) is 5.26 Å². The molecule has 10 heavy (non-hydrogen) atoms. The van der Waals surface area contributed by atoms with Crippen molar-refractivity contribution in [1.82, 2.24) is 0 Å². The van der Waals surface area contributed by atoms with Gasteiger partial charge in [-0.1, -0.05) is 15.9 Å². The summed E-state index contributed by atoms with van der Waals surface area (Å²) in [5, 5.41) is 8.76. The molecule has 0 fully saturated rings. The van der Waals surface area contributed by atoms with Crippen molar-refractivity contribution in [3.05, 3.63) is 0 Å². The molecule has 0 aromatic carbocycles. The second kappa shape index (κ2) is 5.43. The minimum absolute atomic E-state index is 0.00278. The molecule has 3 heteroatoms. The minimum Gasteiger partial charge on any atom is -0.299 e. The molecule has 0 bridgehead atoms. The number of Topliss-reactive ketones (excluding diaryl/α,β-unsaturated/α-hetero) is 1. The zero-order chi connectivity index (χ0) is 7.98. The lowest BCUT2D eigenvalue weighted by Gasteiger charge is -1.97. The molecule has 0 aliphatic rings. The van der Waals surface area contributed by atoms with Gasteiger partial charge < -0.3 is 0 Å². The first kappa shape index (κ1) is 9.64. The van der Waals surface area contributed by atoms with E-state index in [-0.39, 0.29) is 11.7 Å². The van der Waals surface area contributed by atoms with E-state index in [0.29, 0.717) is 18.2 Å². The van der Waals surface area contributed by atoms with Crippen molar-refractivity contribution in [3.8, 4) is 6.07 Å². The van der Waals surface area contributed by atoms with Gasteiger partial charge in [-0.3, -0.25) is 4.79 Å². The van der Waals surface area contributed by atoms with Crippen LogP contribution in [0.4, 0.5) is 0 Å². The molecule has 0 rings (SSSR count). The third kappa shape index (κ3) is 4.51. The van der Waals surface area contributed by atoms with Crippen LogP contribution in [0, 0.1) is 17.2 Å². The Kier molecular flexibility index (Phi) is 5.23. The molecule has 0 saturated heterocycles. The average molecular weight is 204 g/mol. The number of alkyl halides is 1. The van der Waals surface area contributed by atoms with E-state index in [1.807, 2.05) is 6.92 Å². The first-order valence-electron chi connectivity index (χ1n) is 3.18. The van der Waals surface area contributed by atoms with Crippen LogP contribution in [0.25, 0.3) is 0 Å². The standard InChI is InChI=1S/C7H10BrNO/c1-6(5-9)2-3-7(10)4-8/h6H,2-4H2,1H3. The summed E-state index contributed by atoms with van der Waals surface area (Å²) < 4.78 is 0. The summed E-state index contributed by atoms with van der Waals surface area (Å²) in [6, 6.07) is 2.08. The first-order valence-corrected chi connectivity index (χ1v) is 4.30. The van der Waals surface area contributed by atoms with Gasteiger partial charge in [-0.15, -0.1) is 0 Å². The molecule has 2 nitrogen and oxygen atoms in total. The van der Waals surface area contributed by atoms with Crippen LogP contribution < -0.4 is 0 Å². The van der Waals surface area contributed by atoms with E-state index in [9.17, 15) is 4.79 Å². The molecule has 0 amide bonds. The lowest BCUT2D eigenvalue weighted by atomic mass is 10.1. The molecule has 0 saturated carbocycles. The van der Waals surface area contributed by atoms with E-state index in [1.54, 1.807) is 0 Å². The summed E-state index contributed by atoms with van der Waals surface area (Å²) in [5.74, 6) is 0.171. The Balaban J connectivity index is 3.37. The van der Waals surface area contributed by atoms with Gasteiger partial charge in [0.1, 0.15) is 5.78 Å². The number of carbonyl (C=O) groups is 1. The molecule has 0 aromatic heterocycles. The topological polar surface area (TPSA) is 40.9 Å². The first-order chi connectivity index (χ1) is 4.70. The summed E-state index contributed by atoms with van der Waals surface area (Å²) in [6.07, 6.45) is 1.20. The van der Waals surface area contributed by atoms with Gasteiger partial charge in [0.15, 0.2) is 0 Å². The molecule has 0 radical (unpaired) electrons. The molecule has 1 atom stereocenters. The molecule has 0 heterocycles. The van der Waals surface area contributed by atoms with Crippen molar-refractivity contribution >= 4 is 21.7 Å². The minimum atomic E-state index is 0.00278. The maximum absolute atomic E-state index is 10.7. The van der Waals surface area contributed by atoms with Crippen LogP contribution in [0.15, 0.2) is 0 Å². The van der Waals surface area contributed by atoms with Crippen LogP contribution in [0.2, 0.25) is 0 Å². The van der Waals surface area contributed by atoms with Crippen LogP contribution in [0.3, 0.4) is 0 Å². The van der Waals surface area contributed by atoms with Crippen LogP contribution in [-0.2, 0) is 4.79 Å². The fourth-order valence-electron chi connectivity index (χ4n) is 0.509. The number of halogens is 1. The van der Waals surface area contributed by atoms with E-state index >= 15 is 0 Å². The third-order valence-electron chi connectivity index (χ3n) is 1.23. The van der Waals surface area contributed by atoms with Gasteiger partial charge in [0.25, 0.3) is 0 Å². The Morgan fingerprint density at radius 1 is 1.80 bits per heavy atom. The summed E-state index contributed by atoms with van der Waals surface area (Å²) in [7, 11) is 0. The van der Waals surface area contributed by atoms with Crippen LogP contribution in [-0.4, -0.2) is 11.1 Å². The number of hydrogen-bond acceptors (Lipinski definition) is 2. The molecule has 0 aromatic rings. The van der Waals surface area contributed by atoms with Crippen LogP contribution in [0.1, 0.15) is 19.8 Å². The predicted octanol–water partition coefficient (Wildman–Crippen LogP) is 1.89. The largest absolute Gasteiger partial charge is 0.299 e. The van der Waals surface area contributed by atoms with E-state index in [2.05, 4.69) is 22.0 Å². The van der Waals surface area contributed by atoms with E-state index in [0.717, 1.165) is 0 Å². The average Bonchev–Trinajstić information content (AvgIpc) is 1.99. The summed E-state index contributed by atoms with van der Waals surface area (Å²) in [5.41, 5.74) is 0. The predicted molar refractivity (Wildman–Crippen MR) is 42.8 cm³/mol. The molecule has 0 aliphatic carbocycles. The van der Waals surface area contributed by atoms with Crippen molar-refractivity contribution in [3.63, 3.8) is 0 Å².